The minimum Gasteiger partial charge on any atom is -0.478 e. The molecule has 7 heteroatoms. The maximum atomic E-state index is 12.7. The van der Waals surface area contributed by atoms with E-state index >= 15 is 0 Å². The van der Waals surface area contributed by atoms with Gasteiger partial charge in [0.15, 0.2) is 0 Å². The lowest BCUT2D eigenvalue weighted by Crippen LogP contribution is -2.37. The summed E-state index contributed by atoms with van der Waals surface area (Å²) in [5.74, 6) is -1.25. The zero-order valence-electron chi connectivity index (χ0n) is 11.9. The highest BCUT2D eigenvalue weighted by Gasteiger charge is 2.30. The summed E-state index contributed by atoms with van der Waals surface area (Å²) in [6.45, 7) is 2.91. The summed E-state index contributed by atoms with van der Waals surface area (Å²) in [4.78, 5) is 11.0. The fourth-order valence-electron chi connectivity index (χ4n) is 2.42. The third-order valence-corrected chi connectivity index (χ3v) is 5.52. The van der Waals surface area contributed by atoms with Gasteiger partial charge in [-0.05, 0) is 25.0 Å². The number of hydrogen-bond acceptors (Lipinski definition) is 4. The summed E-state index contributed by atoms with van der Waals surface area (Å²) in [5, 5.41) is 9.16. The Labute approximate surface area is 124 Å². The average Bonchev–Trinajstić information content (AvgIpc) is 2.97. The molecule has 1 heterocycles. The number of nitrogens with zero attached hydrogens (tertiary/aromatic N) is 1. The van der Waals surface area contributed by atoms with Gasteiger partial charge in [0.1, 0.15) is 0 Å². The standard InChI is InChI=1S/C14H19NO5S/c1-2-15(10-11-6-5-9-20-11)21(18,19)13-8-4-3-7-12(13)14(16)17/h3-4,7-8,11H,2,5-6,9-10H2,1H3,(H,16,17). The van der Waals surface area contributed by atoms with E-state index < -0.39 is 16.0 Å². The largest absolute Gasteiger partial charge is 0.478 e. The Morgan fingerprint density at radius 1 is 1.43 bits per heavy atom. The molecule has 21 heavy (non-hydrogen) atoms. The molecule has 0 radical (unpaired) electrons. The summed E-state index contributed by atoms with van der Waals surface area (Å²) in [6, 6.07) is 5.67. The van der Waals surface area contributed by atoms with Crippen LogP contribution in [0.4, 0.5) is 0 Å². The van der Waals surface area contributed by atoms with Crippen LogP contribution < -0.4 is 0 Å². The molecule has 1 saturated heterocycles. The smallest absolute Gasteiger partial charge is 0.337 e. The molecule has 1 aliphatic rings. The highest BCUT2D eigenvalue weighted by molar-refractivity contribution is 7.89. The van der Waals surface area contributed by atoms with Gasteiger partial charge >= 0.3 is 5.97 Å². The van der Waals surface area contributed by atoms with Crippen LogP contribution in [0.3, 0.4) is 0 Å². The number of ether oxygens (including phenoxy) is 1. The Morgan fingerprint density at radius 3 is 2.71 bits per heavy atom. The number of carbonyl (C=O) groups is 1. The second-order valence-electron chi connectivity index (χ2n) is 4.89. The van der Waals surface area contributed by atoms with Gasteiger partial charge in [-0.1, -0.05) is 19.1 Å². The molecule has 1 N–H and O–H groups in total. The Kier molecular flexibility index (Phi) is 4.97. The van der Waals surface area contributed by atoms with E-state index in [9.17, 15) is 13.2 Å². The van der Waals surface area contributed by atoms with Crippen LogP contribution in [0.1, 0.15) is 30.1 Å². The van der Waals surface area contributed by atoms with Crippen molar-refractivity contribution in [2.45, 2.75) is 30.8 Å². The number of hydrogen-bond donors (Lipinski definition) is 1. The Bertz CT molecular complexity index is 608. The first kappa shape index (κ1) is 15.9. The van der Waals surface area contributed by atoms with Gasteiger partial charge in [-0.2, -0.15) is 4.31 Å². The second-order valence-corrected chi connectivity index (χ2v) is 6.80. The average molecular weight is 313 g/mol. The van der Waals surface area contributed by atoms with E-state index in [4.69, 9.17) is 9.84 Å². The first-order valence-electron chi connectivity index (χ1n) is 6.91. The van der Waals surface area contributed by atoms with Crippen LogP contribution in [0.2, 0.25) is 0 Å². The van der Waals surface area contributed by atoms with Crippen molar-refractivity contribution in [1.82, 2.24) is 4.31 Å². The maximum Gasteiger partial charge on any atom is 0.337 e. The SMILES string of the molecule is CCN(CC1CCCO1)S(=O)(=O)c1ccccc1C(=O)O. The quantitative estimate of drug-likeness (QED) is 0.862. The highest BCUT2D eigenvalue weighted by atomic mass is 32.2. The molecule has 0 bridgehead atoms. The zero-order valence-corrected chi connectivity index (χ0v) is 12.7. The molecule has 116 valence electrons. The van der Waals surface area contributed by atoms with Gasteiger partial charge in [-0.15, -0.1) is 0 Å². The van der Waals surface area contributed by atoms with Crippen LogP contribution in [0.25, 0.3) is 0 Å². The number of carboxylic acid groups (broad SMARTS) is 1. The lowest BCUT2D eigenvalue weighted by atomic mass is 10.2. The Hall–Kier alpha value is -1.44. The van der Waals surface area contributed by atoms with Crippen LogP contribution in [-0.4, -0.2) is 49.6 Å². The Morgan fingerprint density at radius 2 is 2.14 bits per heavy atom. The van der Waals surface area contributed by atoms with Crippen LogP contribution >= 0.6 is 0 Å². The molecule has 0 saturated carbocycles. The molecule has 1 atom stereocenters. The summed E-state index contributed by atoms with van der Waals surface area (Å²) < 4.78 is 32.1. The van der Waals surface area contributed by atoms with E-state index in [0.29, 0.717) is 6.61 Å². The predicted octanol–water partition coefficient (Wildman–Crippen LogP) is 1.57. The molecule has 0 amide bonds. The summed E-state index contributed by atoms with van der Waals surface area (Å²) in [7, 11) is -3.84. The number of carboxylic acids is 1. The van der Waals surface area contributed by atoms with Gasteiger partial charge < -0.3 is 9.84 Å². The van der Waals surface area contributed by atoms with Crippen LogP contribution in [0.15, 0.2) is 29.2 Å². The monoisotopic (exact) mass is 313 g/mol. The van der Waals surface area contributed by atoms with Crippen molar-refractivity contribution in [3.8, 4) is 0 Å². The molecule has 1 aromatic rings. The van der Waals surface area contributed by atoms with Crippen LogP contribution in [-0.2, 0) is 14.8 Å². The van der Waals surface area contributed by atoms with Crippen LogP contribution in [0, 0.1) is 0 Å². The van der Waals surface area contributed by atoms with Gasteiger partial charge in [-0.3, -0.25) is 0 Å². The normalized spacial score (nSPS) is 19.0. The third kappa shape index (κ3) is 3.42. The van der Waals surface area contributed by atoms with Crippen molar-refractivity contribution in [2.24, 2.45) is 0 Å². The molecule has 2 rings (SSSR count). The minimum atomic E-state index is -3.84. The maximum absolute atomic E-state index is 12.7. The Balaban J connectivity index is 2.32. The first-order valence-corrected chi connectivity index (χ1v) is 8.35. The number of sulfonamides is 1. The van der Waals surface area contributed by atoms with Crippen LogP contribution in [0.5, 0.6) is 0 Å². The minimum absolute atomic E-state index is 0.114. The van der Waals surface area contributed by atoms with E-state index in [1.807, 2.05) is 0 Å². The third-order valence-electron chi connectivity index (χ3n) is 3.52. The van der Waals surface area contributed by atoms with E-state index in [1.54, 1.807) is 6.92 Å². The second kappa shape index (κ2) is 6.55. The highest BCUT2D eigenvalue weighted by Crippen LogP contribution is 2.22. The van der Waals surface area contributed by atoms with Crippen molar-refractivity contribution in [1.29, 1.82) is 0 Å². The van der Waals surface area contributed by atoms with Gasteiger partial charge in [0, 0.05) is 19.7 Å². The molecular formula is C14H19NO5S. The molecule has 1 fully saturated rings. The predicted molar refractivity (Wildman–Crippen MR) is 76.8 cm³/mol. The van der Waals surface area contributed by atoms with Gasteiger partial charge in [0.25, 0.3) is 0 Å². The summed E-state index contributed by atoms with van der Waals surface area (Å²) >= 11 is 0. The lowest BCUT2D eigenvalue weighted by molar-refractivity contribution is 0.0692. The summed E-state index contributed by atoms with van der Waals surface area (Å²) in [6.07, 6.45) is 1.64. The number of likely N-dealkylation sites (N-methyl/N-ethyl adjacent to an activating group) is 1. The molecular weight excluding hydrogens is 294 g/mol. The molecule has 6 nitrogen and oxygen atoms in total. The summed E-state index contributed by atoms with van der Waals surface area (Å²) in [5.41, 5.74) is -0.205. The topological polar surface area (TPSA) is 83.9 Å². The molecule has 0 aliphatic carbocycles. The molecule has 1 aliphatic heterocycles. The number of benzene rings is 1. The first-order chi connectivity index (χ1) is 9.96. The van der Waals surface area contributed by atoms with Gasteiger partial charge in [0.2, 0.25) is 10.0 Å². The molecule has 0 aromatic heterocycles. The molecule has 0 spiro atoms. The van der Waals surface area contributed by atoms with E-state index in [2.05, 4.69) is 0 Å². The fraction of sp³-hybridized carbons (Fsp3) is 0.500. The van der Waals surface area contributed by atoms with Crippen molar-refractivity contribution in [3.05, 3.63) is 29.8 Å². The van der Waals surface area contributed by atoms with Crippen molar-refractivity contribution < 1.29 is 23.1 Å². The van der Waals surface area contributed by atoms with Gasteiger partial charge in [0.05, 0.1) is 16.6 Å². The van der Waals surface area contributed by atoms with Crippen molar-refractivity contribution in [3.63, 3.8) is 0 Å². The lowest BCUT2D eigenvalue weighted by Gasteiger charge is -2.24. The van der Waals surface area contributed by atoms with Gasteiger partial charge in [-0.25, -0.2) is 13.2 Å². The van der Waals surface area contributed by atoms with Crippen molar-refractivity contribution >= 4 is 16.0 Å². The van der Waals surface area contributed by atoms with Crippen molar-refractivity contribution in [2.75, 3.05) is 19.7 Å². The molecule has 1 unspecified atom stereocenters. The fourth-order valence-corrected chi connectivity index (χ4v) is 4.08. The number of aromatic carboxylic acids is 1. The molecule has 1 aromatic carbocycles. The number of rotatable bonds is 6. The van der Waals surface area contributed by atoms with E-state index in [0.717, 1.165) is 12.8 Å². The van der Waals surface area contributed by atoms with E-state index in [1.165, 1.54) is 28.6 Å². The van der Waals surface area contributed by atoms with E-state index in [-0.39, 0.29) is 29.7 Å². The zero-order chi connectivity index (χ0) is 15.5.